The van der Waals surface area contributed by atoms with Crippen LogP contribution in [0.4, 0.5) is 4.39 Å². The average molecular weight is 464 g/mol. The van der Waals surface area contributed by atoms with Crippen LogP contribution in [0.2, 0.25) is 0 Å². The van der Waals surface area contributed by atoms with Crippen molar-refractivity contribution in [1.82, 2.24) is 25.2 Å². The average Bonchev–Trinajstić information content (AvgIpc) is 3.27. The molecule has 1 amide bonds. The molecule has 1 saturated heterocycles. The van der Waals surface area contributed by atoms with Crippen LogP contribution < -0.4 is 5.32 Å². The van der Waals surface area contributed by atoms with Crippen LogP contribution in [0.3, 0.4) is 0 Å². The van der Waals surface area contributed by atoms with Crippen LogP contribution in [0.25, 0.3) is 0 Å². The number of carbonyl (C=O) groups excluding carboxylic acids is 1. The van der Waals surface area contributed by atoms with E-state index in [9.17, 15) is 9.18 Å². The van der Waals surface area contributed by atoms with Crippen molar-refractivity contribution in [2.45, 2.75) is 57.5 Å². The van der Waals surface area contributed by atoms with Gasteiger partial charge in [-0.2, -0.15) is 0 Å². The Hall–Kier alpha value is -3.10. The first-order valence-electron chi connectivity index (χ1n) is 12.0. The lowest BCUT2D eigenvalue weighted by Gasteiger charge is -2.32. The Morgan fingerprint density at radius 2 is 1.85 bits per heavy atom. The number of benzene rings is 2. The zero-order valence-electron chi connectivity index (χ0n) is 19.2. The molecule has 3 aromatic rings. The van der Waals surface area contributed by atoms with Gasteiger partial charge in [-0.1, -0.05) is 53.7 Å². The fourth-order valence-electron chi connectivity index (χ4n) is 4.76. The molecule has 5 rings (SSSR count). The number of aromatic nitrogens is 3. The lowest BCUT2D eigenvalue weighted by molar-refractivity contribution is -0.122. The minimum Gasteiger partial charge on any atom is -0.365 e. The van der Waals surface area contributed by atoms with Gasteiger partial charge in [-0.3, -0.25) is 9.69 Å². The van der Waals surface area contributed by atoms with E-state index in [-0.39, 0.29) is 23.9 Å². The van der Waals surface area contributed by atoms with Gasteiger partial charge in [0, 0.05) is 37.7 Å². The highest BCUT2D eigenvalue weighted by Gasteiger charge is 2.28. The highest BCUT2D eigenvalue weighted by molar-refractivity contribution is 5.76. The zero-order valence-corrected chi connectivity index (χ0v) is 19.2. The van der Waals surface area contributed by atoms with E-state index in [0.29, 0.717) is 31.7 Å². The third kappa shape index (κ3) is 5.34. The molecule has 1 fully saturated rings. The number of carbonyl (C=O) groups is 1. The second kappa shape index (κ2) is 10.4. The predicted molar refractivity (Wildman–Crippen MR) is 125 cm³/mol. The molecule has 178 valence electrons. The first-order valence-corrected chi connectivity index (χ1v) is 12.0. The van der Waals surface area contributed by atoms with E-state index in [0.717, 1.165) is 43.7 Å². The number of rotatable bonds is 7. The van der Waals surface area contributed by atoms with Gasteiger partial charge in [-0.15, -0.1) is 5.10 Å². The molecule has 2 aliphatic rings. The number of fused-ring (bicyclic) bond motifs is 1. The maximum absolute atomic E-state index is 14.1. The number of aryl methyl sites for hydroxylation is 1. The van der Waals surface area contributed by atoms with Gasteiger partial charge in [0.1, 0.15) is 17.6 Å². The van der Waals surface area contributed by atoms with Crippen LogP contribution in [0.15, 0.2) is 54.6 Å². The van der Waals surface area contributed by atoms with Crippen molar-refractivity contribution in [3.63, 3.8) is 0 Å². The smallest absolute Gasteiger partial charge is 0.220 e. The number of hydrogen-bond donors (Lipinski definition) is 1. The van der Waals surface area contributed by atoms with Gasteiger partial charge in [0.15, 0.2) is 0 Å². The van der Waals surface area contributed by atoms with Crippen LogP contribution in [0.5, 0.6) is 0 Å². The number of likely N-dealkylation sites (tertiary alicyclic amines) is 1. The fraction of sp³-hybridized carbons (Fsp3) is 0.423. The number of nitrogens with zero attached hydrogens (tertiary/aromatic N) is 4. The molecule has 0 unspecified atom stereocenters. The minimum atomic E-state index is -0.357. The molecule has 0 spiro atoms. The Bertz CT molecular complexity index is 1110. The summed E-state index contributed by atoms with van der Waals surface area (Å²) >= 11 is 0. The van der Waals surface area contributed by atoms with Crippen LogP contribution in [0.1, 0.15) is 47.9 Å². The maximum atomic E-state index is 14.1. The Morgan fingerprint density at radius 3 is 2.65 bits per heavy atom. The van der Waals surface area contributed by atoms with Gasteiger partial charge in [-0.05, 0) is 30.9 Å². The van der Waals surface area contributed by atoms with Crippen molar-refractivity contribution in [2.24, 2.45) is 0 Å². The predicted octanol–water partition coefficient (Wildman–Crippen LogP) is 3.40. The molecule has 0 saturated carbocycles. The van der Waals surface area contributed by atoms with E-state index in [1.165, 1.54) is 11.6 Å². The monoisotopic (exact) mass is 463 g/mol. The van der Waals surface area contributed by atoms with E-state index in [1.807, 2.05) is 28.9 Å². The molecule has 0 radical (unpaired) electrons. The van der Waals surface area contributed by atoms with E-state index in [4.69, 9.17) is 4.74 Å². The van der Waals surface area contributed by atoms with E-state index < -0.39 is 0 Å². The summed E-state index contributed by atoms with van der Waals surface area (Å²) in [4.78, 5) is 14.7. The lowest BCUT2D eigenvalue weighted by Crippen LogP contribution is -2.44. The van der Waals surface area contributed by atoms with Crippen LogP contribution in [-0.4, -0.2) is 44.9 Å². The van der Waals surface area contributed by atoms with Gasteiger partial charge in [0.2, 0.25) is 5.91 Å². The van der Waals surface area contributed by atoms with Crippen molar-refractivity contribution >= 4 is 5.91 Å². The standard InChI is InChI=1S/C26H30FN5O2/c27-22-9-5-4-8-21(22)25-17-32-24(18-34-25)23(29-30-32)16-31-14-12-20(13-15-31)28-26(33)11-10-19-6-2-1-3-7-19/h1-9,20,25H,10-18H2,(H,28,33)/t25-/m0/s1. The van der Waals surface area contributed by atoms with E-state index in [2.05, 4.69) is 32.7 Å². The highest BCUT2D eigenvalue weighted by Crippen LogP contribution is 2.29. The van der Waals surface area contributed by atoms with Gasteiger partial charge in [0.05, 0.1) is 18.8 Å². The molecule has 0 bridgehead atoms. The highest BCUT2D eigenvalue weighted by atomic mass is 19.1. The minimum absolute atomic E-state index is 0.122. The maximum Gasteiger partial charge on any atom is 0.220 e. The summed E-state index contributed by atoms with van der Waals surface area (Å²) < 4.78 is 21.9. The Morgan fingerprint density at radius 1 is 1.09 bits per heavy atom. The van der Waals surface area contributed by atoms with E-state index in [1.54, 1.807) is 12.1 Å². The number of nitrogens with one attached hydrogen (secondary N) is 1. The molecule has 1 aromatic heterocycles. The Kier molecular flexibility index (Phi) is 6.97. The first kappa shape index (κ1) is 22.7. The summed E-state index contributed by atoms with van der Waals surface area (Å²) in [6, 6.07) is 17.0. The summed E-state index contributed by atoms with van der Waals surface area (Å²) in [6.45, 7) is 3.33. The second-order valence-electron chi connectivity index (χ2n) is 9.09. The Balaban J connectivity index is 1.09. The fourth-order valence-corrected chi connectivity index (χ4v) is 4.76. The SMILES string of the molecule is O=C(CCc1ccccc1)NC1CCN(Cc2nnn3c2CO[C@H](c2ccccc2F)C3)CC1. The van der Waals surface area contributed by atoms with Crippen molar-refractivity contribution in [3.05, 3.63) is 82.9 Å². The molecule has 3 heterocycles. The number of piperidine rings is 1. The molecule has 2 aliphatic heterocycles. The number of hydrogen-bond acceptors (Lipinski definition) is 5. The summed E-state index contributed by atoms with van der Waals surface area (Å²) in [5.41, 5.74) is 3.62. The lowest BCUT2D eigenvalue weighted by atomic mass is 10.0. The molecule has 1 N–H and O–H groups in total. The van der Waals surface area contributed by atoms with Crippen LogP contribution >= 0.6 is 0 Å². The normalized spacial score (nSPS) is 19.0. The number of halogens is 1. The van der Waals surface area contributed by atoms with Crippen molar-refractivity contribution < 1.29 is 13.9 Å². The van der Waals surface area contributed by atoms with Gasteiger partial charge in [-0.25, -0.2) is 9.07 Å². The van der Waals surface area contributed by atoms with Crippen molar-refractivity contribution in [1.29, 1.82) is 0 Å². The molecular weight excluding hydrogens is 433 g/mol. The van der Waals surface area contributed by atoms with Crippen LogP contribution in [0, 0.1) is 5.82 Å². The molecule has 0 aliphatic carbocycles. The summed E-state index contributed by atoms with van der Waals surface area (Å²) in [6.07, 6.45) is 2.78. The van der Waals surface area contributed by atoms with E-state index >= 15 is 0 Å². The van der Waals surface area contributed by atoms with Crippen LogP contribution in [-0.2, 0) is 35.6 Å². The van der Waals surface area contributed by atoms with Crippen molar-refractivity contribution in [2.75, 3.05) is 13.1 Å². The summed E-state index contributed by atoms with van der Waals surface area (Å²) in [5.74, 6) is -0.137. The number of amides is 1. The molecule has 2 aromatic carbocycles. The number of ether oxygens (including phenoxy) is 1. The molecule has 1 atom stereocenters. The molecule has 34 heavy (non-hydrogen) atoms. The summed E-state index contributed by atoms with van der Waals surface area (Å²) in [5, 5.41) is 11.9. The van der Waals surface area contributed by atoms with Gasteiger partial charge < -0.3 is 10.1 Å². The first-order chi connectivity index (χ1) is 16.7. The zero-order chi connectivity index (χ0) is 23.3. The third-order valence-electron chi connectivity index (χ3n) is 6.74. The topological polar surface area (TPSA) is 72.3 Å². The summed E-state index contributed by atoms with van der Waals surface area (Å²) in [7, 11) is 0. The van der Waals surface area contributed by atoms with Crippen molar-refractivity contribution in [3.8, 4) is 0 Å². The third-order valence-corrected chi connectivity index (χ3v) is 6.74. The largest absolute Gasteiger partial charge is 0.365 e. The molecule has 7 nitrogen and oxygen atoms in total. The van der Waals surface area contributed by atoms with Gasteiger partial charge in [0.25, 0.3) is 0 Å². The molecule has 8 heteroatoms. The quantitative estimate of drug-likeness (QED) is 0.582. The Labute approximate surface area is 198 Å². The molecular formula is C26H30FN5O2. The second-order valence-corrected chi connectivity index (χ2v) is 9.09. The van der Waals surface area contributed by atoms with Gasteiger partial charge >= 0.3 is 0 Å².